The third-order valence-corrected chi connectivity index (χ3v) is 5.54. The van der Waals surface area contributed by atoms with Crippen LogP contribution >= 0.6 is 11.6 Å². The van der Waals surface area contributed by atoms with Crippen LogP contribution < -0.4 is 9.62 Å². The molecule has 0 aliphatic carbocycles. The van der Waals surface area contributed by atoms with E-state index < -0.39 is 22.0 Å². The predicted octanol–water partition coefficient (Wildman–Crippen LogP) is 3.75. The highest BCUT2D eigenvalue weighted by Gasteiger charge is 2.29. The fourth-order valence-electron chi connectivity index (χ4n) is 2.47. The summed E-state index contributed by atoms with van der Waals surface area (Å²) in [6.07, 6.45) is 1.08. The molecule has 0 aromatic heterocycles. The Balaban J connectivity index is 2.36. The number of halogens is 1. The second-order valence-corrected chi connectivity index (χ2v) is 8.24. The Morgan fingerprint density at radius 3 is 2.32 bits per heavy atom. The van der Waals surface area contributed by atoms with Gasteiger partial charge in [-0.1, -0.05) is 29.8 Å². The molecule has 0 saturated carbocycles. The van der Waals surface area contributed by atoms with Gasteiger partial charge in [-0.15, -0.1) is 0 Å². The first-order chi connectivity index (χ1) is 11.6. The van der Waals surface area contributed by atoms with Crippen LogP contribution in [0, 0.1) is 13.8 Å². The number of hydrogen-bond donors (Lipinski definition) is 1. The summed E-state index contributed by atoms with van der Waals surface area (Å²) in [6, 6.07) is 11.2. The summed E-state index contributed by atoms with van der Waals surface area (Å²) in [5.41, 5.74) is 2.89. The summed E-state index contributed by atoms with van der Waals surface area (Å²) in [5.74, 6) is -0.461. The quantitative estimate of drug-likeness (QED) is 0.858. The molecule has 2 aromatic carbocycles. The number of anilines is 2. The largest absolute Gasteiger partial charge is 0.323 e. The third kappa shape index (κ3) is 4.52. The number of nitrogens with zero attached hydrogens (tertiary/aromatic N) is 1. The van der Waals surface area contributed by atoms with Crippen LogP contribution in [-0.2, 0) is 14.8 Å². The topological polar surface area (TPSA) is 66.5 Å². The van der Waals surface area contributed by atoms with Crippen molar-refractivity contribution in [1.29, 1.82) is 0 Å². The molecule has 0 saturated heterocycles. The minimum Gasteiger partial charge on any atom is -0.323 e. The number of aryl methyl sites for hydroxylation is 2. The molecular weight excluding hydrogens is 360 g/mol. The van der Waals surface area contributed by atoms with Crippen LogP contribution in [0.5, 0.6) is 0 Å². The molecule has 1 atom stereocenters. The molecule has 25 heavy (non-hydrogen) atoms. The Morgan fingerprint density at radius 1 is 1.12 bits per heavy atom. The molecule has 0 bridgehead atoms. The van der Waals surface area contributed by atoms with E-state index in [0.29, 0.717) is 16.4 Å². The minimum atomic E-state index is -3.65. The van der Waals surface area contributed by atoms with E-state index in [-0.39, 0.29) is 0 Å². The number of amides is 1. The average Bonchev–Trinajstić information content (AvgIpc) is 2.51. The number of hydrogen-bond acceptors (Lipinski definition) is 3. The van der Waals surface area contributed by atoms with Crippen LogP contribution in [0.1, 0.15) is 18.1 Å². The molecule has 5 nitrogen and oxygen atoms in total. The Hall–Kier alpha value is -2.05. The monoisotopic (exact) mass is 380 g/mol. The van der Waals surface area contributed by atoms with Crippen molar-refractivity contribution in [1.82, 2.24) is 0 Å². The van der Waals surface area contributed by atoms with Crippen LogP contribution in [0.25, 0.3) is 0 Å². The molecule has 0 fully saturated rings. The van der Waals surface area contributed by atoms with Crippen LogP contribution in [0.15, 0.2) is 42.5 Å². The fourth-order valence-corrected chi connectivity index (χ4v) is 3.82. The maximum Gasteiger partial charge on any atom is 0.248 e. The zero-order valence-corrected chi connectivity index (χ0v) is 16.1. The number of benzene rings is 2. The molecule has 134 valence electrons. The first-order valence-electron chi connectivity index (χ1n) is 7.73. The van der Waals surface area contributed by atoms with Crippen molar-refractivity contribution in [2.45, 2.75) is 26.8 Å². The van der Waals surface area contributed by atoms with Crippen molar-refractivity contribution in [3.8, 4) is 0 Å². The van der Waals surface area contributed by atoms with Gasteiger partial charge in [-0.3, -0.25) is 9.10 Å². The zero-order chi connectivity index (χ0) is 18.8. The van der Waals surface area contributed by atoms with E-state index in [1.807, 2.05) is 19.9 Å². The lowest BCUT2D eigenvalue weighted by atomic mass is 10.1. The molecule has 0 radical (unpaired) electrons. The smallest absolute Gasteiger partial charge is 0.248 e. The highest BCUT2D eigenvalue weighted by atomic mass is 35.5. The molecule has 0 aliphatic rings. The maximum absolute atomic E-state index is 12.6. The van der Waals surface area contributed by atoms with Crippen molar-refractivity contribution in [3.63, 3.8) is 0 Å². The van der Waals surface area contributed by atoms with E-state index in [1.165, 1.54) is 0 Å². The van der Waals surface area contributed by atoms with E-state index in [1.54, 1.807) is 43.3 Å². The van der Waals surface area contributed by atoms with Crippen LogP contribution in [0.2, 0.25) is 5.02 Å². The predicted molar refractivity (Wildman–Crippen MR) is 103 cm³/mol. The van der Waals surface area contributed by atoms with Crippen molar-refractivity contribution in [2.24, 2.45) is 0 Å². The van der Waals surface area contributed by atoms with Crippen molar-refractivity contribution < 1.29 is 13.2 Å². The molecule has 0 aliphatic heterocycles. The van der Waals surface area contributed by atoms with Gasteiger partial charge in [0.15, 0.2) is 0 Å². The van der Waals surface area contributed by atoms with Gasteiger partial charge in [0.2, 0.25) is 15.9 Å². The van der Waals surface area contributed by atoms with Crippen LogP contribution in [-0.4, -0.2) is 26.6 Å². The van der Waals surface area contributed by atoms with E-state index in [4.69, 9.17) is 11.6 Å². The molecule has 0 spiro atoms. The van der Waals surface area contributed by atoms with Gasteiger partial charge in [0, 0.05) is 0 Å². The molecule has 2 rings (SSSR count). The summed E-state index contributed by atoms with van der Waals surface area (Å²) < 4.78 is 25.7. The summed E-state index contributed by atoms with van der Waals surface area (Å²) >= 11 is 6.05. The van der Waals surface area contributed by atoms with Crippen LogP contribution in [0.3, 0.4) is 0 Å². The lowest BCUT2D eigenvalue weighted by Crippen LogP contribution is -2.45. The molecular formula is C18H21ClN2O3S. The summed E-state index contributed by atoms with van der Waals surface area (Å²) in [5, 5.41) is 3.07. The molecule has 0 heterocycles. The Morgan fingerprint density at radius 2 is 1.76 bits per heavy atom. The van der Waals surface area contributed by atoms with Gasteiger partial charge < -0.3 is 5.32 Å². The molecule has 1 amide bonds. The zero-order valence-electron chi connectivity index (χ0n) is 14.6. The van der Waals surface area contributed by atoms with Crippen molar-refractivity contribution in [3.05, 3.63) is 58.6 Å². The lowest BCUT2D eigenvalue weighted by Gasteiger charge is -2.28. The van der Waals surface area contributed by atoms with Gasteiger partial charge in [-0.2, -0.15) is 0 Å². The Kier molecular flexibility index (Phi) is 5.75. The first-order valence-corrected chi connectivity index (χ1v) is 9.96. The fraction of sp³-hybridized carbons (Fsp3) is 0.278. The van der Waals surface area contributed by atoms with Gasteiger partial charge in [0.25, 0.3) is 0 Å². The molecule has 7 heteroatoms. The van der Waals surface area contributed by atoms with E-state index in [2.05, 4.69) is 5.32 Å². The van der Waals surface area contributed by atoms with Gasteiger partial charge in [-0.05, 0) is 56.2 Å². The number of rotatable bonds is 5. The lowest BCUT2D eigenvalue weighted by molar-refractivity contribution is -0.116. The summed E-state index contributed by atoms with van der Waals surface area (Å²) in [6.45, 7) is 5.38. The van der Waals surface area contributed by atoms with E-state index >= 15 is 0 Å². The highest BCUT2D eigenvalue weighted by Crippen LogP contribution is 2.25. The van der Waals surface area contributed by atoms with Crippen molar-refractivity contribution >= 4 is 38.9 Å². The van der Waals surface area contributed by atoms with Crippen molar-refractivity contribution in [2.75, 3.05) is 15.9 Å². The van der Waals surface area contributed by atoms with Gasteiger partial charge in [-0.25, -0.2) is 8.42 Å². The molecule has 1 unspecified atom stereocenters. The number of para-hydroxylation sites is 1. The number of nitrogens with one attached hydrogen (secondary N) is 1. The molecule has 2 aromatic rings. The summed E-state index contributed by atoms with van der Waals surface area (Å²) in [7, 11) is -3.65. The SMILES string of the molecule is Cc1ccc(N(C(C)C(=O)Nc2ccccc2Cl)S(C)(=O)=O)cc1C. The molecule has 1 N–H and O–H groups in total. The maximum atomic E-state index is 12.6. The van der Waals surface area contributed by atoms with Crippen LogP contribution in [0.4, 0.5) is 11.4 Å². The summed E-state index contributed by atoms with van der Waals surface area (Å²) in [4.78, 5) is 12.6. The second kappa shape index (κ2) is 7.45. The second-order valence-electron chi connectivity index (χ2n) is 5.97. The normalized spacial score (nSPS) is 12.5. The number of carbonyl (C=O) groups excluding carboxylic acids is 1. The minimum absolute atomic E-state index is 0.389. The highest BCUT2D eigenvalue weighted by molar-refractivity contribution is 7.92. The Labute approximate surface area is 153 Å². The average molecular weight is 381 g/mol. The number of carbonyl (C=O) groups is 1. The van der Waals surface area contributed by atoms with Gasteiger partial charge >= 0.3 is 0 Å². The number of sulfonamides is 1. The van der Waals surface area contributed by atoms with E-state index in [9.17, 15) is 13.2 Å². The Bertz CT molecular complexity index is 897. The standard InChI is InChI=1S/C18H21ClN2O3S/c1-12-9-10-15(11-13(12)2)21(25(4,23)24)14(3)18(22)20-17-8-6-5-7-16(17)19/h5-11,14H,1-4H3,(H,20,22). The first kappa shape index (κ1) is 19.3. The third-order valence-electron chi connectivity index (χ3n) is 3.97. The van der Waals surface area contributed by atoms with Gasteiger partial charge in [0.1, 0.15) is 6.04 Å². The van der Waals surface area contributed by atoms with E-state index in [0.717, 1.165) is 21.7 Å². The van der Waals surface area contributed by atoms with Gasteiger partial charge in [0.05, 0.1) is 22.7 Å².